The summed E-state index contributed by atoms with van der Waals surface area (Å²) in [5.41, 5.74) is 2.57. The number of benzene rings is 2. The Morgan fingerprint density at radius 1 is 1.09 bits per heavy atom. The minimum Gasteiger partial charge on any atom is -0.454 e. The molecule has 2 aromatic heterocycles. The van der Waals surface area contributed by atoms with Crippen LogP contribution in [0, 0.1) is 0 Å². The Balaban J connectivity index is 1.21. The van der Waals surface area contributed by atoms with Crippen LogP contribution in [0.2, 0.25) is 0 Å². The summed E-state index contributed by atoms with van der Waals surface area (Å²) in [6.45, 7) is 0.739. The second kappa shape index (κ2) is 9.13. The number of carbonyl (C=O) groups is 2. The first kappa shape index (κ1) is 20.7. The molecule has 33 heavy (non-hydrogen) atoms. The molecule has 3 heterocycles. The molecule has 0 radical (unpaired) electrons. The Hall–Kier alpha value is -4.18. The SMILES string of the molecule is O=C(CCn1ccnc1)Nc1cccc(C(=O)Nc2nc(-c3ccc4c(c3)OCO4)cs2)c1. The van der Waals surface area contributed by atoms with E-state index in [1.165, 1.54) is 11.3 Å². The third kappa shape index (κ3) is 4.85. The third-order valence-corrected chi connectivity index (χ3v) is 5.72. The number of hydrogen-bond acceptors (Lipinski definition) is 7. The number of hydrogen-bond donors (Lipinski definition) is 2. The fraction of sp³-hybridized carbons (Fsp3) is 0.130. The molecule has 5 rings (SSSR count). The minimum absolute atomic E-state index is 0.144. The molecule has 166 valence electrons. The van der Waals surface area contributed by atoms with Crippen molar-refractivity contribution in [1.82, 2.24) is 14.5 Å². The van der Waals surface area contributed by atoms with Gasteiger partial charge < -0.3 is 19.4 Å². The van der Waals surface area contributed by atoms with Gasteiger partial charge in [0.2, 0.25) is 12.7 Å². The number of anilines is 2. The Kier molecular flexibility index (Phi) is 5.73. The number of ether oxygens (including phenoxy) is 2. The average Bonchev–Trinajstić information content (AvgIpc) is 3.59. The van der Waals surface area contributed by atoms with Crippen LogP contribution in [0.5, 0.6) is 11.5 Å². The van der Waals surface area contributed by atoms with Gasteiger partial charge in [0.25, 0.3) is 5.91 Å². The summed E-state index contributed by atoms with van der Waals surface area (Å²) in [5, 5.41) is 7.98. The summed E-state index contributed by atoms with van der Waals surface area (Å²) >= 11 is 1.33. The maximum absolute atomic E-state index is 12.7. The highest BCUT2D eigenvalue weighted by atomic mass is 32.1. The molecule has 0 spiro atoms. The number of aromatic nitrogens is 3. The van der Waals surface area contributed by atoms with Gasteiger partial charge in [-0.1, -0.05) is 6.07 Å². The Bertz CT molecular complexity index is 1300. The van der Waals surface area contributed by atoms with Gasteiger partial charge in [-0.25, -0.2) is 9.97 Å². The van der Waals surface area contributed by atoms with Crippen molar-refractivity contribution >= 4 is 34.0 Å². The number of rotatable bonds is 7. The number of carbonyl (C=O) groups excluding carboxylic acids is 2. The first-order valence-electron chi connectivity index (χ1n) is 10.2. The third-order valence-electron chi connectivity index (χ3n) is 4.96. The van der Waals surface area contributed by atoms with E-state index in [2.05, 4.69) is 20.6 Å². The monoisotopic (exact) mass is 461 g/mol. The molecule has 0 saturated carbocycles. The fourth-order valence-electron chi connectivity index (χ4n) is 3.30. The van der Waals surface area contributed by atoms with Crippen molar-refractivity contribution in [2.75, 3.05) is 17.4 Å². The number of thiazole rings is 1. The van der Waals surface area contributed by atoms with Crippen molar-refractivity contribution in [1.29, 1.82) is 0 Å². The molecule has 0 fully saturated rings. The first-order valence-corrected chi connectivity index (χ1v) is 11.0. The highest BCUT2D eigenvalue weighted by molar-refractivity contribution is 7.14. The Morgan fingerprint density at radius 2 is 2.00 bits per heavy atom. The zero-order valence-electron chi connectivity index (χ0n) is 17.4. The Labute approximate surface area is 193 Å². The highest BCUT2D eigenvalue weighted by Crippen LogP contribution is 2.36. The van der Waals surface area contributed by atoms with E-state index in [0.717, 1.165) is 11.3 Å². The molecular formula is C23H19N5O4S. The largest absolute Gasteiger partial charge is 0.454 e. The molecule has 1 aliphatic heterocycles. The van der Waals surface area contributed by atoms with Gasteiger partial charge in [0.05, 0.1) is 12.0 Å². The standard InChI is InChI=1S/C23H19N5O4S/c29-21(6-8-28-9-7-24-13-28)25-17-3-1-2-16(10-17)22(30)27-23-26-18(12-33-23)15-4-5-19-20(11-15)32-14-31-19/h1-5,7,9-13H,6,8,14H2,(H,25,29)(H,26,27,30). The van der Waals surface area contributed by atoms with Gasteiger partial charge >= 0.3 is 0 Å². The van der Waals surface area contributed by atoms with Crippen LogP contribution in [0.3, 0.4) is 0 Å². The number of amides is 2. The smallest absolute Gasteiger partial charge is 0.257 e. The zero-order chi connectivity index (χ0) is 22.6. The van der Waals surface area contributed by atoms with E-state index < -0.39 is 0 Å². The molecule has 0 saturated heterocycles. The quantitative estimate of drug-likeness (QED) is 0.431. The Morgan fingerprint density at radius 3 is 2.88 bits per heavy atom. The van der Waals surface area contributed by atoms with E-state index in [-0.39, 0.29) is 18.6 Å². The highest BCUT2D eigenvalue weighted by Gasteiger charge is 2.16. The lowest BCUT2D eigenvalue weighted by atomic mass is 10.1. The lowest BCUT2D eigenvalue weighted by molar-refractivity contribution is -0.116. The van der Waals surface area contributed by atoms with Gasteiger partial charge in [-0.2, -0.15) is 0 Å². The molecular weight excluding hydrogens is 442 g/mol. The minimum atomic E-state index is -0.309. The van der Waals surface area contributed by atoms with Gasteiger partial charge in [0.15, 0.2) is 16.6 Å². The number of nitrogens with one attached hydrogen (secondary N) is 2. The van der Waals surface area contributed by atoms with Crippen molar-refractivity contribution in [3.8, 4) is 22.8 Å². The van der Waals surface area contributed by atoms with Crippen molar-refractivity contribution < 1.29 is 19.1 Å². The molecule has 0 atom stereocenters. The molecule has 4 aromatic rings. The van der Waals surface area contributed by atoms with E-state index in [4.69, 9.17) is 9.47 Å². The first-order chi connectivity index (χ1) is 16.1. The molecule has 2 amide bonds. The lowest BCUT2D eigenvalue weighted by Crippen LogP contribution is -2.15. The van der Waals surface area contributed by atoms with Crippen molar-refractivity contribution in [2.45, 2.75) is 13.0 Å². The zero-order valence-corrected chi connectivity index (χ0v) is 18.2. The van der Waals surface area contributed by atoms with E-state index >= 15 is 0 Å². The van der Waals surface area contributed by atoms with E-state index in [1.54, 1.807) is 43.0 Å². The number of aryl methyl sites for hydroxylation is 1. The molecule has 1 aliphatic rings. The second-order valence-corrected chi connectivity index (χ2v) is 8.10. The number of fused-ring (bicyclic) bond motifs is 1. The topological polar surface area (TPSA) is 107 Å². The van der Waals surface area contributed by atoms with Crippen LogP contribution < -0.4 is 20.1 Å². The molecule has 2 aromatic carbocycles. The van der Waals surface area contributed by atoms with E-state index in [0.29, 0.717) is 40.8 Å². The van der Waals surface area contributed by atoms with Crippen LogP contribution >= 0.6 is 11.3 Å². The van der Waals surface area contributed by atoms with Crippen LogP contribution in [0.1, 0.15) is 16.8 Å². The second-order valence-electron chi connectivity index (χ2n) is 7.24. The molecule has 0 aliphatic carbocycles. The predicted octanol–water partition coefficient (Wildman–Crippen LogP) is 4.02. The van der Waals surface area contributed by atoms with Crippen LogP contribution in [-0.2, 0) is 11.3 Å². The normalized spacial score (nSPS) is 11.9. The molecule has 10 heteroatoms. The fourth-order valence-corrected chi connectivity index (χ4v) is 4.01. The van der Waals surface area contributed by atoms with E-state index in [1.807, 2.05) is 28.1 Å². The van der Waals surface area contributed by atoms with Gasteiger partial charge in [-0.05, 0) is 36.4 Å². The molecule has 2 N–H and O–H groups in total. The summed E-state index contributed by atoms with van der Waals surface area (Å²) in [7, 11) is 0. The van der Waals surface area contributed by atoms with Gasteiger partial charge in [0.1, 0.15) is 0 Å². The summed E-state index contributed by atoms with van der Waals surface area (Å²) in [5.74, 6) is 0.928. The number of nitrogens with zero attached hydrogens (tertiary/aromatic N) is 3. The molecule has 9 nitrogen and oxygen atoms in total. The van der Waals surface area contributed by atoms with Crippen LogP contribution in [-0.4, -0.2) is 33.1 Å². The van der Waals surface area contributed by atoms with Gasteiger partial charge in [-0.3, -0.25) is 14.9 Å². The van der Waals surface area contributed by atoms with Crippen molar-refractivity contribution in [2.24, 2.45) is 0 Å². The van der Waals surface area contributed by atoms with Gasteiger partial charge in [0, 0.05) is 47.6 Å². The predicted molar refractivity (Wildman–Crippen MR) is 124 cm³/mol. The summed E-state index contributed by atoms with van der Waals surface area (Å²) in [6.07, 6.45) is 5.43. The molecule has 0 unspecified atom stereocenters. The summed E-state index contributed by atoms with van der Waals surface area (Å²) in [4.78, 5) is 33.4. The summed E-state index contributed by atoms with van der Waals surface area (Å²) in [6, 6.07) is 12.4. The van der Waals surface area contributed by atoms with Crippen molar-refractivity contribution in [3.63, 3.8) is 0 Å². The molecule has 0 bridgehead atoms. The average molecular weight is 462 g/mol. The van der Waals surface area contributed by atoms with Crippen LogP contribution in [0.4, 0.5) is 10.8 Å². The lowest BCUT2D eigenvalue weighted by Gasteiger charge is -2.08. The van der Waals surface area contributed by atoms with E-state index in [9.17, 15) is 9.59 Å². The maximum Gasteiger partial charge on any atom is 0.257 e. The number of imidazole rings is 1. The van der Waals surface area contributed by atoms with Crippen LogP contribution in [0.15, 0.2) is 66.6 Å². The maximum atomic E-state index is 12.7. The van der Waals surface area contributed by atoms with Crippen LogP contribution in [0.25, 0.3) is 11.3 Å². The summed E-state index contributed by atoms with van der Waals surface area (Å²) < 4.78 is 12.6. The van der Waals surface area contributed by atoms with Gasteiger partial charge in [-0.15, -0.1) is 11.3 Å². The van der Waals surface area contributed by atoms with Crippen molar-refractivity contribution in [3.05, 3.63) is 72.1 Å².